The van der Waals surface area contributed by atoms with E-state index in [0.29, 0.717) is 35.0 Å². The summed E-state index contributed by atoms with van der Waals surface area (Å²) in [6.07, 6.45) is -0.589. The Hall–Kier alpha value is -6.05. The second-order valence-corrected chi connectivity index (χ2v) is 22.9. The van der Waals surface area contributed by atoms with Crippen LogP contribution in [0.25, 0.3) is 0 Å². The summed E-state index contributed by atoms with van der Waals surface area (Å²) in [5.41, 5.74) is 3.32. The van der Waals surface area contributed by atoms with E-state index in [1.807, 2.05) is 121 Å². The van der Waals surface area contributed by atoms with Crippen molar-refractivity contribution in [2.45, 2.75) is 56.8 Å². The number of ether oxygens (including phenoxy) is 3. The molecule has 0 saturated carbocycles. The van der Waals surface area contributed by atoms with Crippen LogP contribution in [0, 0.1) is 5.92 Å². The maximum absolute atomic E-state index is 15.7. The van der Waals surface area contributed by atoms with Crippen molar-refractivity contribution in [2.75, 3.05) is 30.1 Å². The van der Waals surface area contributed by atoms with Gasteiger partial charge < -0.3 is 29.1 Å². The average Bonchev–Trinajstić information content (AvgIpc) is 3.67. The van der Waals surface area contributed by atoms with Crippen LogP contribution in [-0.4, -0.2) is 62.2 Å². The van der Waals surface area contributed by atoms with Gasteiger partial charge in [0.15, 0.2) is 11.4 Å². The van der Waals surface area contributed by atoms with Crippen LogP contribution in [-0.2, 0) is 33.0 Å². The molecule has 9 rings (SSSR count). The molecule has 1 N–H and O–H groups in total. The van der Waals surface area contributed by atoms with Crippen LogP contribution in [0.4, 0.5) is 17.1 Å². The van der Waals surface area contributed by atoms with Crippen LogP contribution in [0.15, 0.2) is 150 Å². The molecule has 1 fully saturated rings. The molecule has 0 unspecified atom stereocenters. The molecule has 10 nitrogen and oxygen atoms in total. The average molecular weight is 937 g/mol. The molecule has 64 heavy (non-hydrogen) atoms. The SMILES string of the molecule is COc1ccc([Si](C)(C)[C@H]2[C@H](CC(=O)N(CCO)Cc3ccccc3)O[C@@]3(C(=O)N(Cc4cccc(N5C(=O)c6ccccc6Oc6ccccc65)c4)c4ccc(Br)cc43)[C@@H]2C)cc1. The summed E-state index contributed by atoms with van der Waals surface area (Å²) < 4.78 is 19.9. The minimum atomic E-state index is -2.58. The zero-order valence-electron chi connectivity index (χ0n) is 36.2. The van der Waals surface area contributed by atoms with Crippen molar-refractivity contribution in [1.82, 2.24) is 4.90 Å². The van der Waals surface area contributed by atoms with Gasteiger partial charge in [-0.05, 0) is 83.4 Å². The largest absolute Gasteiger partial charge is 0.497 e. The standard InChI is InChI=1S/C52H50BrN3O7Si/c1-34-49(64(3,4)40-24-22-39(61-2)23-25-40)47(31-48(58)54(27-28-57)32-35-13-6-5-7-14-35)63-52(34)42-30-37(53)21-26-43(42)55(51(52)60)33-36-15-12-16-38(29-36)56-44-18-9-11-20-46(44)62-45-19-10-8-17-41(45)50(56)59/h5-26,29-30,34,47,49,57H,27-28,31-33H2,1-4H3/t34-,47+,49-,52+/m1/s1. The Kier molecular flexibility index (Phi) is 11.8. The first-order valence-electron chi connectivity index (χ1n) is 21.6. The van der Waals surface area contributed by atoms with E-state index in [9.17, 15) is 14.7 Å². The normalized spacial score (nSPS) is 20.1. The Morgan fingerprint density at radius 2 is 1.53 bits per heavy atom. The van der Waals surface area contributed by atoms with E-state index in [2.05, 4.69) is 48.1 Å². The lowest BCUT2D eigenvalue weighted by molar-refractivity contribution is -0.150. The summed E-state index contributed by atoms with van der Waals surface area (Å²) in [6.45, 7) is 7.22. The van der Waals surface area contributed by atoms with Gasteiger partial charge in [0, 0.05) is 34.7 Å². The number of benzene rings is 6. The predicted octanol–water partition coefficient (Wildman–Crippen LogP) is 9.72. The summed E-state index contributed by atoms with van der Waals surface area (Å²) in [4.78, 5) is 49.7. The number of anilines is 3. The Morgan fingerprint density at radius 1 is 0.828 bits per heavy atom. The Morgan fingerprint density at radius 3 is 2.28 bits per heavy atom. The molecule has 6 aromatic carbocycles. The number of amides is 3. The minimum absolute atomic E-state index is 0.0347. The number of carbonyl (C=O) groups is 3. The van der Waals surface area contributed by atoms with Crippen molar-refractivity contribution in [2.24, 2.45) is 5.92 Å². The monoisotopic (exact) mass is 935 g/mol. The molecule has 12 heteroatoms. The molecule has 3 amide bonds. The zero-order chi connectivity index (χ0) is 44.8. The van der Waals surface area contributed by atoms with Gasteiger partial charge in [-0.25, -0.2) is 0 Å². The third-order valence-electron chi connectivity index (χ3n) is 13.3. The first kappa shape index (κ1) is 43.2. The molecule has 3 aliphatic rings. The molecule has 6 aromatic rings. The summed E-state index contributed by atoms with van der Waals surface area (Å²) in [6, 6.07) is 46.2. The lowest BCUT2D eigenvalue weighted by Crippen LogP contribution is -2.52. The third-order valence-corrected chi connectivity index (χ3v) is 18.1. The fraction of sp³-hybridized carbons (Fsp3) is 0.250. The highest BCUT2D eigenvalue weighted by Gasteiger charge is 2.66. The van der Waals surface area contributed by atoms with Crippen molar-refractivity contribution < 1.29 is 33.7 Å². The highest BCUT2D eigenvalue weighted by Crippen LogP contribution is 2.60. The zero-order valence-corrected chi connectivity index (χ0v) is 38.8. The van der Waals surface area contributed by atoms with Crippen LogP contribution in [0.3, 0.4) is 0 Å². The van der Waals surface area contributed by atoms with Gasteiger partial charge in [0.1, 0.15) is 11.5 Å². The number of nitrogens with zero attached hydrogens (tertiary/aromatic N) is 3. The third kappa shape index (κ3) is 7.61. The molecular formula is C52H50BrN3O7Si. The molecule has 0 aliphatic carbocycles. The van der Waals surface area contributed by atoms with E-state index < -0.39 is 19.8 Å². The number of fused-ring (bicyclic) bond motifs is 4. The number of aliphatic hydroxyl groups is 1. The van der Waals surface area contributed by atoms with Gasteiger partial charge in [-0.1, -0.05) is 120 Å². The molecule has 0 bridgehead atoms. The first-order chi connectivity index (χ1) is 30.9. The van der Waals surface area contributed by atoms with Crippen molar-refractivity contribution in [1.29, 1.82) is 0 Å². The van der Waals surface area contributed by atoms with Crippen molar-refractivity contribution >= 4 is 64.0 Å². The summed E-state index contributed by atoms with van der Waals surface area (Å²) in [5.74, 6) is 0.856. The smallest absolute Gasteiger partial charge is 0.266 e. The Balaban J connectivity index is 1.09. The quantitative estimate of drug-likeness (QED) is 0.122. The van der Waals surface area contributed by atoms with Gasteiger partial charge in [-0.2, -0.15) is 0 Å². The number of carbonyl (C=O) groups excluding carboxylic acids is 3. The number of aliphatic hydroxyl groups excluding tert-OH is 1. The van der Waals surface area contributed by atoms with Crippen LogP contribution >= 0.6 is 15.9 Å². The van der Waals surface area contributed by atoms with E-state index >= 15 is 4.79 Å². The van der Waals surface area contributed by atoms with Gasteiger partial charge >= 0.3 is 0 Å². The number of halogens is 1. The Labute approximate surface area is 383 Å². The van der Waals surface area contributed by atoms with Crippen LogP contribution in [0.1, 0.15) is 40.4 Å². The molecule has 326 valence electrons. The minimum Gasteiger partial charge on any atom is -0.497 e. The van der Waals surface area contributed by atoms with E-state index in [0.717, 1.165) is 37.8 Å². The molecule has 4 atom stereocenters. The second kappa shape index (κ2) is 17.5. The van der Waals surface area contributed by atoms with Crippen molar-refractivity contribution in [3.05, 3.63) is 172 Å². The number of rotatable bonds is 12. The fourth-order valence-electron chi connectivity index (χ4n) is 10.2. The number of hydrogen-bond donors (Lipinski definition) is 1. The predicted molar refractivity (Wildman–Crippen MR) is 254 cm³/mol. The lowest BCUT2D eigenvalue weighted by Gasteiger charge is -2.37. The van der Waals surface area contributed by atoms with Gasteiger partial charge in [0.2, 0.25) is 5.91 Å². The van der Waals surface area contributed by atoms with Crippen LogP contribution in [0.5, 0.6) is 17.2 Å². The summed E-state index contributed by atoms with van der Waals surface area (Å²) in [7, 11) is -0.932. The number of hydrogen-bond acceptors (Lipinski definition) is 7. The molecule has 0 radical (unpaired) electrons. The lowest BCUT2D eigenvalue weighted by atomic mass is 9.82. The fourth-order valence-corrected chi connectivity index (χ4v) is 14.6. The van der Waals surface area contributed by atoms with Crippen LogP contribution < -0.4 is 24.5 Å². The summed E-state index contributed by atoms with van der Waals surface area (Å²) in [5, 5.41) is 11.3. The maximum atomic E-state index is 15.7. The maximum Gasteiger partial charge on any atom is 0.266 e. The van der Waals surface area contributed by atoms with Gasteiger partial charge in [-0.15, -0.1) is 0 Å². The molecular weight excluding hydrogens is 887 g/mol. The van der Waals surface area contributed by atoms with Gasteiger partial charge in [0.25, 0.3) is 11.8 Å². The van der Waals surface area contributed by atoms with Crippen molar-refractivity contribution in [3.63, 3.8) is 0 Å². The van der Waals surface area contributed by atoms with E-state index in [1.54, 1.807) is 33.9 Å². The van der Waals surface area contributed by atoms with Gasteiger partial charge in [-0.3, -0.25) is 19.3 Å². The molecule has 3 heterocycles. The topological polar surface area (TPSA) is 109 Å². The molecule has 1 saturated heterocycles. The number of methoxy groups -OCH3 is 1. The summed E-state index contributed by atoms with van der Waals surface area (Å²) >= 11 is 3.72. The van der Waals surface area contributed by atoms with E-state index in [-0.39, 0.29) is 55.3 Å². The first-order valence-corrected chi connectivity index (χ1v) is 25.5. The van der Waals surface area contributed by atoms with Crippen molar-refractivity contribution in [3.8, 4) is 17.2 Å². The van der Waals surface area contributed by atoms with Crippen LogP contribution in [0.2, 0.25) is 18.6 Å². The molecule has 3 aliphatic heterocycles. The molecule has 0 aromatic heterocycles. The van der Waals surface area contributed by atoms with E-state index in [1.165, 1.54) is 0 Å². The molecule has 1 spiro atoms. The highest BCUT2D eigenvalue weighted by atomic mass is 79.9. The number of para-hydroxylation sites is 3. The van der Waals surface area contributed by atoms with Gasteiger partial charge in [0.05, 0.1) is 57.8 Å². The Bertz CT molecular complexity index is 2730. The van der Waals surface area contributed by atoms with E-state index in [4.69, 9.17) is 14.2 Å². The highest BCUT2D eigenvalue weighted by molar-refractivity contribution is 9.10. The second-order valence-electron chi connectivity index (χ2n) is 17.3.